The minimum Gasteiger partial charge on any atom is -0.512 e. The summed E-state index contributed by atoms with van der Waals surface area (Å²) >= 11 is 0. The van der Waals surface area contributed by atoms with E-state index in [0.29, 0.717) is 10.1 Å². The van der Waals surface area contributed by atoms with E-state index in [2.05, 4.69) is 163 Å². The van der Waals surface area contributed by atoms with Gasteiger partial charge in [-0.2, -0.15) is 0 Å². The van der Waals surface area contributed by atoms with Gasteiger partial charge in [-0.1, -0.05) is 184 Å². The van der Waals surface area contributed by atoms with Crippen molar-refractivity contribution in [2.75, 3.05) is 0 Å². The SMILES string of the molecule is CC(C)(C)[Si](c1ccccc1)c1ccccc1.CC(C)(C)[Si](c1ccccc1)c1ccccc1.[C-]#N.[Cu].[Li+].[Li+]. The zero-order chi connectivity index (χ0) is 26.6. The summed E-state index contributed by atoms with van der Waals surface area (Å²) in [5.41, 5.74) is 0. The minimum absolute atomic E-state index is 0. The summed E-state index contributed by atoms with van der Waals surface area (Å²) in [5.74, 6) is 0. The molecule has 3 radical (unpaired) electrons. The Balaban J connectivity index is 0. The van der Waals surface area contributed by atoms with E-state index in [9.17, 15) is 0 Å². The molecule has 0 unspecified atom stereocenters. The predicted molar refractivity (Wildman–Crippen MR) is 160 cm³/mol. The number of benzene rings is 4. The van der Waals surface area contributed by atoms with Crippen LogP contribution in [0.4, 0.5) is 0 Å². The number of hydrogen-bond donors (Lipinski definition) is 0. The van der Waals surface area contributed by atoms with E-state index in [1.54, 1.807) is 0 Å². The molecule has 0 amide bonds. The summed E-state index contributed by atoms with van der Waals surface area (Å²) in [7, 11) is -1.43. The van der Waals surface area contributed by atoms with Crippen molar-refractivity contribution < 1.29 is 54.8 Å². The van der Waals surface area contributed by atoms with Gasteiger partial charge in [-0.3, -0.25) is 0 Å². The second-order valence-corrected chi connectivity index (χ2v) is 17.5. The van der Waals surface area contributed by atoms with E-state index in [4.69, 9.17) is 11.8 Å². The number of rotatable bonds is 4. The van der Waals surface area contributed by atoms with Crippen LogP contribution in [0.5, 0.6) is 0 Å². The molecule has 4 rings (SSSR count). The Morgan fingerprint density at radius 1 is 0.410 bits per heavy atom. The van der Waals surface area contributed by atoms with Crippen LogP contribution < -0.4 is 58.5 Å². The van der Waals surface area contributed by atoms with E-state index in [1.807, 2.05) is 0 Å². The molecule has 195 valence electrons. The molecule has 0 aliphatic carbocycles. The Hall–Kier alpha value is -1.48. The summed E-state index contributed by atoms with van der Waals surface area (Å²) in [6.07, 6.45) is 0. The van der Waals surface area contributed by atoms with E-state index in [0.717, 1.165) is 0 Å². The van der Waals surface area contributed by atoms with E-state index in [-0.39, 0.29) is 54.8 Å². The molecule has 6 heteroatoms. The molecule has 1 nitrogen and oxygen atoms in total. The maximum absolute atomic E-state index is 6.25. The summed E-state index contributed by atoms with van der Waals surface area (Å²) in [4.78, 5) is 0. The molecular weight excluding hydrogens is 544 g/mol. The zero-order valence-corrected chi connectivity index (χ0v) is 27.7. The fourth-order valence-electron chi connectivity index (χ4n) is 4.48. The molecule has 4 aromatic carbocycles. The van der Waals surface area contributed by atoms with Crippen LogP contribution in [0.3, 0.4) is 0 Å². The molecule has 0 spiro atoms. The Bertz CT molecular complexity index is 990. The Labute approximate surface area is 275 Å². The van der Waals surface area contributed by atoms with Crippen molar-refractivity contribution in [1.29, 1.82) is 5.26 Å². The van der Waals surface area contributed by atoms with Crippen molar-refractivity contribution >= 4 is 38.3 Å². The van der Waals surface area contributed by atoms with Crippen molar-refractivity contribution in [3.05, 3.63) is 128 Å². The summed E-state index contributed by atoms with van der Waals surface area (Å²) < 4.78 is 0. The van der Waals surface area contributed by atoms with Crippen LogP contribution >= 0.6 is 0 Å². The van der Waals surface area contributed by atoms with Gasteiger partial charge in [0.1, 0.15) is 17.6 Å². The van der Waals surface area contributed by atoms with Crippen LogP contribution in [0.1, 0.15) is 41.5 Å². The summed E-state index contributed by atoms with van der Waals surface area (Å²) in [6.45, 7) is 18.8. The van der Waals surface area contributed by atoms with Gasteiger partial charge < -0.3 is 11.8 Å². The maximum Gasteiger partial charge on any atom is 1.00 e. The van der Waals surface area contributed by atoms with E-state index in [1.165, 1.54) is 20.7 Å². The molecule has 0 aromatic heterocycles. The fourth-order valence-corrected chi connectivity index (χ4v) is 10.7. The predicted octanol–water partition coefficient (Wildman–Crippen LogP) is 0.293. The molecule has 0 heterocycles. The Morgan fingerprint density at radius 3 is 0.692 bits per heavy atom. The quantitative estimate of drug-likeness (QED) is 0.251. The molecule has 4 aromatic rings. The van der Waals surface area contributed by atoms with Gasteiger partial charge in [0.15, 0.2) is 0 Å². The first kappa shape index (κ1) is 39.7. The topological polar surface area (TPSA) is 23.8 Å². The molecule has 0 aliphatic heterocycles. The van der Waals surface area contributed by atoms with Crippen molar-refractivity contribution in [3.8, 4) is 0 Å². The molecule has 0 fully saturated rings. The second-order valence-electron chi connectivity index (χ2n) is 10.7. The minimum atomic E-state index is -0.715. The molecule has 39 heavy (non-hydrogen) atoms. The van der Waals surface area contributed by atoms with Gasteiger partial charge in [-0.25, -0.2) is 0 Å². The van der Waals surface area contributed by atoms with Gasteiger partial charge >= 0.3 is 37.7 Å². The van der Waals surface area contributed by atoms with Gasteiger partial charge in [0.2, 0.25) is 0 Å². The third-order valence-corrected chi connectivity index (χ3v) is 12.4. The van der Waals surface area contributed by atoms with Crippen molar-refractivity contribution in [2.24, 2.45) is 0 Å². The molecule has 0 aliphatic rings. The monoisotopic (exact) mass is 581 g/mol. The summed E-state index contributed by atoms with van der Waals surface area (Å²) in [5, 5.41) is 12.9. The van der Waals surface area contributed by atoms with Gasteiger partial charge in [0.05, 0.1) is 0 Å². The van der Waals surface area contributed by atoms with Crippen molar-refractivity contribution in [3.63, 3.8) is 0 Å². The number of nitrogens with zero attached hydrogens (tertiary/aromatic N) is 1. The first-order chi connectivity index (χ1) is 17.2. The third-order valence-electron chi connectivity index (χ3n) is 5.75. The normalized spacial score (nSPS) is 10.3. The van der Waals surface area contributed by atoms with Crippen LogP contribution in [0.25, 0.3) is 0 Å². The standard InChI is InChI=1S/2C16H19Si.CN.Cu.2Li/c2*1-16(2,3)17(14-10-6-4-7-11-14)15-12-8-5-9-13-15;1-2;;;/h2*4-13H,1-3H3;;;;/q;;-1;;2*+1. The maximum atomic E-state index is 6.25. The average Bonchev–Trinajstić information content (AvgIpc) is 2.87. The average molecular weight is 582 g/mol. The first-order valence-electron chi connectivity index (χ1n) is 12.4. The van der Waals surface area contributed by atoms with Crippen LogP contribution in [-0.2, 0) is 17.1 Å². The van der Waals surface area contributed by atoms with Gasteiger partial charge in [0, 0.05) is 17.1 Å². The van der Waals surface area contributed by atoms with Crippen LogP contribution in [0.15, 0.2) is 121 Å². The van der Waals surface area contributed by atoms with Crippen LogP contribution in [0, 0.1) is 11.8 Å². The molecule has 0 bridgehead atoms. The molecule has 0 saturated heterocycles. The van der Waals surface area contributed by atoms with Gasteiger partial charge in [0.25, 0.3) is 0 Å². The Morgan fingerprint density at radius 2 is 0.564 bits per heavy atom. The largest absolute Gasteiger partial charge is 1.00 e. The second kappa shape index (κ2) is 19.6. The van der Waals surface area contributed by atoms with Gasteiger partial charge in [-0.15, -0.1) is 0 Å². The molecular formula is C33H38CuLi2NSi2+. The van der Waals surface area contributed by atoms with Crippen molar-refractivity contribution in [2.45, 2.75) is 51.6 Å². The van der Waals surface area contributed by atoms with Crippen molar-refractivity contribution in [1.82, 2.24) is 0 Å². The number of hydrogen-bond acceptors (Lipinski definition) is 1. The summed E-state index contributed by atoms with van der Waals surface area (Å²) in [6, 6.07) is 43.7. The fraction of sp³-hybridized carbons (Fsp3) is 0.242. The third kappa shape index (κ3) is 12.7. The zero-order valence-electron chi connectivity index (χ0n) is 24.8. The Kier molecular flexibility index (Phi) is 19.9. The van der Waals surface area contributed by atoms with E-state index >= 15 is 0 Å². The van der Waals surface area contributed by atoms with Crippen LogP contribution in [0.2, 0.25) is 10.1 Å². The molecule has 0 saturated carbocycles. The molecule has 0 atom stereocenters. The van der Waals surface area contributed by atoms with Crippen LogP contribution in [-0.4, -0.2) is 17.6 Å². The molecule has 0 N–H and O–H groups in total. The first-order valence-corrected chi connectivity index (χ1v) is 15.4. The smallest absolute Gasteiger partial charge is 0.512 e. The van der Waals surface area contributed by atoms with Gasteiger partial charge in [-0.05, 0) is 10.1 Å². The van der Waals surface area contributed by atoms with E-state index < -0.39 is 17.6 Å².